The minimum absolute atomic E-state index is 0.0369. The molecule has 33 heavy (non-hydrogen) atoms. The summed E-state index contributed by atoms with van der Waals surface area (Å²) in [6.07, 6.45) is -4.50. The first kappa shape index (κ1) is 22.9. The van der Waals surface area contributed by atoms with Crippen molar-refractivity contribution in [2.75, 3.05) is 5.32 Å². The van der Waals surface area contributed by atoms with E-state index in [1.807, 2.05) is 54.6 Å². The summed E-state index contributed by atoms with van der Waals surface area (Å²) in [7, 11) is 0. The van der Waals surface area contributed by atoms with Gasteiger partial charge in [0.15, 0.2) is 5.82 Å². The van der Waals surface area contributed by atoms with Crippen LogP contribution in [0.2, 0.25) is 0 Å². The van der Waals surface area contributed by atoms with Gasteiger partial charge in [-0.15, -0.1) is 0 Å². The molecule has 10 heteroatoms. The Morgan fingerprint density at radius 2 is 1.70 bits per heavy atom. The summed E-state index contributed by atoms with van der Waals surface area (Å²) >= 11 is 9.13. The fraction of sp³-hybridized carbons (Fsp3) is 0.0870. The normalized spacial score (nSPS) is 11.4. The number of alkyl halides is 3. The fourth-order valence-corrected chi connectivity index (χ4v) is 4.01. The first-order valence-corrected chi connectivity index (χ1v) is 10.9. The number of hydrogen-bond donors (Lipinski definition) is 1. The maximum absolute atomic E-state index is 13.0. The van der Waals surface area contributed by atoms with Crippen molar-refractivity contribution in [1.82, 2.24) is 14.3 Å². The van der Waals surface area contributed by atoms with E-state index in [0.29, 0.717) is 5.82 Å². The van der Waals surface area contributed by atoms with Crippen LogP contribution in [-0.4, -0.2) is 20.3 Å². The summed E-state index contributed by atoms with van der Waals surface area (Å²) in [6.45, 7) is -0.271. The third kappa shape index (κ3) is 5.07. The Morgan fingerprint density at radius 3 is 2.39 bits per heavy atom. The van der Waals surface area contributed by atoms with Crippen molar-refractivity contribution in [3.05, 3.63) is 93.7 Å². The zero-order valence-electron chi connectivity index (χ0n) is 16.9. The molecule has 1 N–H and O–H groups in total. The number of nitrogens with zero attached hydrogens (tertiary/aromatic N) is 3. The molecular formula is C23H16BrF3N4OS. The topological polar surface area (TPSA) is 51.9 Å². The zero-order chi connectivity index (χ0) is 23.6. The van der Waals surface area contributed by atoms with Crippen LogP contribution in [0.4, 0.5) is 18.9 Å². The minimum Gasteiger partial charge on any atom is -0.324 e. The molecule has 0 bridgehead atoms. The molecule has 3 aromatic carbocycles. The van der Waals surface area contributed by atoms with Gasteiger partial charge in [-0.05, 0) is 48.6 Å². The lowest BCUT2D eigenvalue weighted by molar-refractivity contribution is -0.137. The molecule has 4 aromatic rings. The van der Waals surface area contributed by atoms with Gasteiger partial charge in [-0.2, -0.15) is 18.3 Å². The van der Waals surface area contributed by atoms with Gasteiger partial charge in [-0.25, -0.2) is 4.68 Å². The van der Waals surface area contributed by atoms with Crippen molar-refractivity contribution in [1.29, 1.82) is 0 Å². The summed E-state index contributed by atoms with van der Waals surface area (Å²) in [4.78, 5) is 12.6. The average molecular weight is 533 g/mol. The smallest absolute Gasteiger partial charge is 0.324 e. The Labute approximate surface area is 200 Å². The van der Waals surface area contributed by atoms with E-state index in [2.05, 4.69) is 26.3 Å². The fourth-order valence-electron chi connectivity index (χ4n) is 3.25. The van der Waals surface area contributed by atoms with Gasteiger partial charge in [0.2, 0.25) is 10.7 Å². The second kappa shape index (κ2) is 9.32. The van der Waals surface area contributed by atoms with Crippen molar-refractivity contribution >= 4 is 39.7 Å². The number of para-hydroxylation sites is 1. The zero-order valence-corrected chi connectivity index (χ0v) is 19.3. The molecule has 1 aromatic heterocycles. The van der Waals surface area contributed by atoms with E-state index in [-0.39, 0.29) is 17.0 Å². The van der Waals surface area contributed by atoms with E-state index in [4.69, 9.17) is 12.2 Å². The number of benzene rings is 3. The lowest BCUT2D eigenvalue weighted by atomic mass is 10.2. The van der Waals surface area contributed by atoms with Gasteiger partial charge >= 0.3 is 6.18 Å². The van der Waals surface area contributed by atoms with Crippen molar-refractivity contribution in [2.24, 2.45) is 0 Å². The van der Waals surface area contributed by atoms with Gasteiger partial charge in [0.25, 0.3) is 0 Å². The monoisotopic (exact) mass is 532 g/mol. The van der Waals surface area contributed by atoms with Gasteiger partial charge in [0, 0.05) is 21.4 Å². The highest BCUT2D eigenvalue weighted by molar-refractivity contribution is 9.10. The molecule has 0 spiro atoms. The highest BCUT2D eigenvalue weighted by atomic mass is 79.9. The molecule has 4 rings (SSSR count). The third-order valence-corrected chi connectivity index (χ3v) is 5.82. The van der Waals surface area contributed by atoms with Crippen molar-refractivity contribution in [2.45, 2.75) is 12.7 Å². The van der Waals surface area contributed by atoms with Crippen molar-refractivity contribution < 1.29 is 18.0 Å². The lowest BCUT2D eigenvalue weighted by Gasteiger charge is -2.10. The van der Waals surface area contributed by atoms with E-state index < -0.39 is 17.6 Å². The van der Waals surface area contributed by atoms with Crippen LogP contribution in [0.1, 0.15) is 5.56 Å². The summed E-state index contributed by atoms with van der Waals surface area (Å²) in [5.41, 5.74) is 0.721. The SMILES string of the molecule is O=C(Cn1nc(-c2ccccc2Br)n(-c2ccccc2)c1=S)Nc1cccc(C(F)(F)F)c1. The van der Waals surface area contributed by atoms with Crippen molar-refractivity contribution in [3.8, 4) is 17.1 Å². The maximum Gasteiger partial charge on any atom is 0.416 e. The number of carbonyl (C=O) groups is 1. The Hall–Kier alpha value is -3.24. The molecule has 0 unspecified atom stereocenters. The quantitative estimate of drug-likeness (QED) is 0.299. The van der Waals surface area contributed by atoms with Crippen LogP contribution in [0.3, 0.4) is 0 Å². The van der Waals surface area contributed by atoms with E-state index in [0.717, 1.165) is 27.9 Å². The number of aromatic nitrogens is 3. The van der Waals surface area contributed by atoms with Gasteiger partial charge < -0.3 is 5.32 Å². The highest BCUT2D eigenvalue weighted by Crippen LogP contribution is 2.31. The summed E-state index contributed by atoms with van der Waals surface area (Å²) in [6, 6.07) is 21.2. The number of carbonyl (C=O) groups excluding carboxylic acids is 1. The largest absolute Gasteiger partial charge is 0.416 e. The third-order valence-electron chi connectivity index (χ3n) is 4.74. The second-order valence-electron chi connectivity index (χ2n) is 7.04. The number of amides is 1. The number of rotatable bonds is 5. The lowest BCUT2D eigenvalue weighted by Crippen LogP contribution is -2.20. The Balaban J connectivity index is 1.69. The molecule has 0 saturated heterocycles. The van der Waals surface area contributed by atoms with Crippen LogP contribution in [0.15, 0.2) is 83.3 Å². The van der Waals surface area contributed by atoms with Crippen LogP contribution in [0.25, 0.3) is 17.1 Å². The Bertz CT molecular complexity index is 1370. The predicted octanol–water partition coefficient (Wildman–Crippen LogP) is 6.49. The van der Waals surface area contributed by atoms with E-state index in [1.54, 1.807) is 4.57 Å². The molecule has 0 aliphatic heterocycles. The van der Waals surface area contributed by atoms with Gasteiger partial charge in [0.05, 0.1) is 5.56 Å². The molecule has 1 amide bonds. The van der Waals surface area contributed by atoms with Gasteiger partial charge in [0.1, 0.15) is 6.54 Å². The molecule has 0 aliphatic rings. The van der Waals surface area contributed by atoms with Crippen LogP contribution >= 0.6 is 28.1 Å². The Morgan fingerprint density at radius 1 is 1.00 bits per heavy atom. The van der Waals surface area contributed by atoms with Crippen LogP contribution in [0, 0.1) is 4.77 Å². The summed E-state index contributed by atoms with van der Waals surface area (Å²) in [5, 5.41) is 7.05. The van der Waals surface area contributed by atoms with Crippen LogP contribution in [0.5, 0.6) is 0 Å². The molecule has 5 nitrogen and oxygen atoms in total. The molecular weight excluding hydrogens is 517 g/mol. The molecule has 0 atom stereocenters. The molecule has 0 saturated carbocycles. The molecule has 0 fully saturated rings. The first-order valence-electron chi connectivity index (χ1n) is 9.71. The summed E-state index contributed by atoms with van der Waals surface area (Å²) < 4.78 is 43.0. The standard InChI is InChI=1S/C23H16BrF3N4OS/c24-19-12-5-4-11-18(19)21-29-30(22(33)31(21)17-9-2-1-3-10-17)14-20(32)28-16-8-6-7-15(13-16)23(25,26)27/h1-13H,14H2,(H,28,32). The van der Waals surface area contributed by atoms with E-state index in [9.17, 15) is 18.0 Å². The molecule has 0 aliphatic carbocycles. The molecule has 168 valence electrons. The molecule has 1 heterocycles. The highest BCUT2D eigenvalue weighted by Gasteiger charge is 2.30. The van der Waals surface area contributed by atoms with Gasteiger partial charge in [-0.3, -0.25) is 9.36 Å². The van der Waals surface area contributed by atoms with Crippen molar-refractivity contribution in [3.63, 3.8) is 0 Å². The van der Waals surface area contributed by atoms with Gasteiger partial charge in [-0.1, -0.05) is 58.4 Å². The molecule has 0 radical (unpaired) electrons. The number of anilines is 1. The Kier molecular flexibility index (Phi) is 6.48. The predicted molar refractivity (Wildman–Crippen MR) is 126 cm³/mol. The minimum atomic E-state index is -4.50. The first-order chi connectivity index (χ1) is 15.7. The number of nitrogens with one attached hydrogen (secondary N) is 1. The summed E-state index contributed by atoms with van der Waals surface area (Å²) in [5.74, 6) is -0.0349. The number of halogens is 4. The maximum atomic E-state index is 13.0. The van der Waals surface area contributed by atoms with E-state index in [1.165, 1.54) is 16.8 Å². The number of hydrogen-bond acceptors (Lipinski definition) is 3. The van der Waals surface area contributed by atoms with Crippen LogP contribution < -0.4 is 5.32 Å². The second-order valence-corrected chi connectivity index (χ2v) is 8.26. The van der Waals surface area contributed by atoms with Crippen LogP contribution in [-0.2, 0) is 17.5 Å². The van der Waals surface area contributed by atoms with E-state index >= 15 is 0 Å². The average Bonchev–Trinajstić information content (AvgIpc) is 3.10.